The average Bonchev–Trinajstić information content (AvgIpc) is 2.45. The van der Waals surface area contributed by atoms with Crippen molar-refractivity contribution >= 4 is 11.7 Å². The molecule has 5 nitrogen and oxygen atoms in total. The van der Waals surface area contributed by atoms with E-state index in [0.29, 0.717) is 12.4 Å². The molecule has 2 rings (SSSR count). The van der Waals surface area contributed by atoms with Crippen molar-refractivity contribution in [2.24, 2.45) is 11.7 Å². The summed E-state index contributed by atoms with van der Waals surface area (Å²) < 4.78 is 5.74. The molecule has 0 amide bonds. The zero-order valence-electron chi connectivity index (χ0n) is 11.4. The molecular weight excluding hydrogens is 240 g/mol. The van der Waals surface area contributed by atoms with Gasteiger partial charge in [0.1, 0.15) is 0 Å². The normalized spacial score (nSPS) is 16.4. The standard InChI is InChI=1S/C14H22N4O/c1-2-10-19-12-4-3-7-17-14(12)18-8-5-11(6-9-18)13(15)16/h3-4,7,11H,2,5-6,8-10H2,1H3,(H3,15,16). The van der Waals surface area contributed by atoms with Gasteiger partial charge in [-0.2, -0.15) is 0 Å². The Morgan fingerprint density at radius 2 is 2.26 bits per heavy atom. The van der Waals surface area contributed by atoms with Gasteiger partial charge in [-0.1, -0.05) is 6.92 Å². The number of pyridine rings is 1. The van der Waals surface area contributed by atoms with Gasteiger partial charge in [0.25, 0.3) is 0 Å². The van der Waals surface area contributed by atoms with Gasteiger partial charge >= 0.3 is 0 Å². The van der Waals surface area contributed by atoms with Gasteiger partial charge in [-0.25, -0.2) is 4.98 Å². The maximum atomic E-state index is 7.51. The minimum atomic E-state index is 0.222. The van der Waals surface area contributed by atoms with Crippen molar-refractivity contribution in [2.45, 2.75) is 26.2 Å². The lowest BCUT2D eigenvalue weighted by atomic mass is 9.96. The maximum Gasteiger partial charge on any atom is 0.171 e. The number of nitrogens with two attached hydrogens (primary N) is 1. The van der Waals surface area contributed by atoms with Gasteiger partial charge in [-0.15, -0.1) is 0 Å². The minimum absolute atomic E-state index is 0.222. The van der Waals surface area contributed by atoms with Crippen molar-refractivity contribution < 1.29 is 4.74 Å². The summed E-state index contributed by atoms with van der Waals surface area (Å²) in [7, 11) is 0. The zero-order chi connectivity index (χ0) is 13.7. The molecule has 5 heteroatoms. The molecule has 3 N–H and O–H groups in total. The fourth-order valence-electron chi connectivity index (χ4n) is 2.35. The first kappa shape index (κ1) is 13.6. The number of ether oxygens (including phenoxy) is 1. The van der Waals surface area contributed by atoms with E-state index in [1.807, 2.05) is 12.1 Å². The number of anilines is 1. The van der Waals surface area contributed by atoms with Crippen LogP contribution in [0.1, 0.15) is 26.2 Å². The fraction of sp³-hybridized carbons (Fsp3) is 0.571. The third-order valence-corrected chi connectivity index (χ3v) is 3.45. The van der Waals surface area contributed by atoms with Gasteiger partial charge in [-0.05, 0) is 31.4 Å². The van der Waals surface area contributed by atoms with Crippen LogP contribution in [0.5, 0.6) is 5.75 Å². The van der Waals surface area contributed by atoms with Crippen LogP contribution in [0.15, 0.2) is 18.3 Å². The van der Waals surface area contributed by atoms with E-state index < -0.39 is 0 Å². The molecule has 1 aliphatic heterocycles. The lowest BCUT2D eigenvalue weighted by Gasteiger charge is -2.33. The largest absolute Gasteiger partial charge is 0.490 e. The molecule has 2 heterocycles. The van der Waals surface area contributed by atoms with Gasteiger partial charge in [0, 0.05) is 25.2 Å². The molecule has 1 aliphatic rings. The lowest BCUT2D eigenvalue weighted by Crippen LogP contribution is -2.38. The van der Waals surface area contributed by atoms with Gasteiger partial charge < -0.3 is 15.4 Å². The summed E-state index contributed by atoms with van der Waals surface area (Å²) in [6.07, 6.45) is 4.62. The Bertz CT molecular complexity index is 427. The van der Waals surface area contributed by atoms with Crippen molar-refractivity contribution in [3.05, 3.63) is 18.3 Å². The Balaban J connectivity index is 2.04. The molecule has 0 saturated carbocycles. The fourth-order valence-corrected chi connectivity index (χ4v) is 2.35. The number of rotatable bonds is 5. The maximum absolute atomic E-state index is 7.51. The molecule has 1 fully saturated rings. The van der Waals surface area contributed by atoms with Crippen LogP contribution in [0.3, 0.4) is 0 Å². The van der Waals surface area contributed by atoms with Crippen LogP contribution in [-0.4, -0.2) is 30.5 Å². The molecule has 0 aromatic carbocycles. The average molecular weight is 262 g/mol. The van der Waals surface area contributed by atoms with E-state index >= 15 is 0 Å². The van der Waals surface area contributed by atoms with Gasteiger partial charge in [-0.3, -0.25) is 5.41 Å². The minimum Gasteiger partial charge on any atom is -0.490 e. The molecule has 0 atom stereocenters. The number of aromatic nitrogens is 1. The highest BCUT2D eigenvalue weighted by Crippen LogP contribution is 2.29. The predicted molar refractivity (Wildman–Crippen MR) is 76.9 cm³/mol. The quantitative estimate of drug-likeness (QED) is 0.629. The molecule has 1 aromatic heterocycles. The molecule has 0 unspecified atom stereocenters. The first-order valence-corrected chi connectivity index (χ1v) is 6.89. The molecule has 104 valence electrons. The Hall–Kier alpha value is -1.78. The Kier molecular flexibility index (Phi) is 4.60. The van der Waals surface area contributed by atoms with E-state index in [1.165, 1.54) is 0 Å². The summed E-state index contributed by atoms with van der Waals surface area (Å²) >= 11 is 0. The second-order valence-electron chi connectivity index (χ2n) is 4.89. The number of amidine groups is 1. The van der Waals surface area contributed by atoms with Crippen molar-refractivity contribution in [1.29, 1.82) is 5.41 Å². The van der Waals surface area contributed by atoms with E-state index in [2.05, 4.69) is 16.8 Å². The molecular formula is C14H22N4O. The third-order valence-electron chi connectivity index (χ3n) is 3.45. The summed E-state index contributed by atoms with van der Waals surface area (Å²) in [4.78, 5) is 6.67. The number of nitrogens with zero attached hydrogens (tertiary/aromatic N) is 2. The summed E-state index contributed by atoms with van der Waals surface area (Å²) in [5.41, 5.74) is 5.57. The Morgan fingerprint density at radius 1 is 1.53 bits per heavy atom. The van der Waals surface area contributed by atoms with Gasteiger partial charge in [0.05, 0.1) is 12.4 Å². The molecule has 0 spiro atoms. The number of hydrogen-bond acceptors (Lipinski definition) is 4. The zero-order valence-corrected chi connectivity index (χ0v) is 11.4. The van der Waals surface area contributed by atoms with E-state index in [0.717, 1.165) is 43.9 Å². The highest BCUT2D eigenvalue weighted by Gasteiger charge is 2.23. The first-order chi connectivity index (χ1) is 9.22. The van der Waals surface area contributed by atoms with Crippen molar-refractivity contribution in [3.63, 3.8) is 0 Å². The highest BCUT2D eigenvalue weighted by atomic mass is 16.5. The second-order valence-corrected chi connectivity index (χ2v) is 4.89. The van der Waals surface area contributed by atoms with Gasteiger partial charge in [0.15, 0.2) is 11.6 Å². The van der Waals surface area contributed by atoms with E-state index in [1.54, 1.807) is 6.20 Å². The highest BCUT2D eigenvalue weighted by molar-refractivity contribution is 5.79. The second kappa shape index (κ2) is 6.41. The summed E-state index contributed by atoms with van der Waals surface area (Å²) in [6.45, 7) is 4.56. The number of piperidine rings is 1. The van der Waals surface area contributed by atoms with E-state index in [4.69, 9.17) is 15.9 Å². The Labute approximate surface area is 114 Å². The van der Waals surface area contributed by atoms with E-state index in [9.17, 15) is 0 Å². The lowest BCUT2D eigenvalue weighted by molar-refractivity contribution is 0.315. The summed E-state index contributed by atoms with van der Waals surface area (Å²) in [5, 5.41) is 7.51. The van der Waals surface area contributed by atoms with Crippen LogP contribution in [0.4, 0.5) is 5.82 Å². The molecule has 0 radical (unpaired) electrons. The predicted octanol–water partition coefficient (Wildman–Crippen LogP) is 2.02. The molecule has 1 aromatic rings. The molecule has 0 aliphatic carbocycles. The van der Waals surface area contributed by atoms with Crippen LogP contribution in [-0.2, 0) is 0 Å². The first-order valence-electron chi connectivity index (χ1n) is 6.89. The van der Waals surface area contributed by atoms with Crippen LogP contribution in [0.2, 0.25) is 0 Å². The van der Waals surface area contributed by atoms with Crippen LogP contribution >= 0.6 is 0 Å². The monoisotopic (exact) mass is 262 g/mol. The summed E-state index contributed by atoms with van der Waals surface area (Å²) in [6, 6.07) is 3.87. The Morgan fingerprint density at radius 3 is 2.89 bits per heavy atom. The summed E-state index contributed by atoms with van der Waals surface area (Å²) in [5.74, 6) is 2.30. The smallest absolute Gasteiger partial charge is 0.171 e. The van der Waals surface area contributed by atoms with Crippen molar-refractivity contribution in [2.75, 3.05) is 24.6 Å². The van der Waals surface area contributed by atoms with Crippen LogP contribution in [0, 0.1) is 11.3 Å². The number of nitrogens with one attached hydrogen (secondary N) is 1. The molecule has 1 saturated heterocycles. The van der Waals surface area contributed by atoms with Crippen molar-refractivity contribution in [3.8, 4) is 5.75 Å². The van der Waals surface area contributed by atoms with Crippen molar-refractivity contribution in [1.82, 2.24) is 4.98 Å². The van der Waals surface area contributed by atoms with E-state index in [-0.39, 0.29) is 5.92 Å². The van der Waals surface area contributed by atoms with Crippen LogP contribution in [0.25, 0.3) is 0 Å². The van der Waals surface area contributed by atoms with Crippen LogP contribution < -0.4 is 15.4 Å². The topological polar surface area (TPSA) is 75.2 Å². The third kappa shape index (κ3) is 3.36. The molecule has 19 heavy (non-hydrogen) atoms. The SMILES string of the molecule is CCCOc1cccnc1N1CCC(C(=N)N)CC1. The number of hydrogen-bond donors (Lipinski definition) is 2. The molecule has 0 bridgehead atoms. The van der Waals surface area contributed by atoms with Gasteiger partial charge in [0.2, 0.25) is 0 Å².